The molecular weight excluding hydrogens is 414 g/mol. The van der Waals surface area contributed by atoms with Gasteiger partial charge >= 0.3 is 0 Å². The Balaban J connectivity index is 1.81. The van der Waals surface area contributed by atoms with Gasteiger partial charge in [0, 0.05) is 61.0 Å². The van der Waals surface area contributed by atoms with Crippen molar-refractivity contribution in [2.45, 2.75) is 13.3 Å². The van der Waals surface area contributed by atoms with Gasteiger partial charge < -0.3 is 15.6 Å². The van der Waals surface area contributed by atoms with Gasteiger partial charge in [-0.3, -0.25) is 19.6 Å². The Morgan fingerprint density at radius 1 is 1.15 bits per heavy atom. The van der Waals surface area contributed by atoms with E-state index in [1.807, 2.05) is 61.5 Å². The first-order valence-corrected chi connectivity index (χ1v) is 10.7. The number of pyridine rings is 1. The predicted octanol–water partition coefficient (Wildman–Crippen LogP) is 4.02. The normalized spacial score (nSPS) is 11.2. The van der Waals surface area contributed by atoms with E-state index in [1.54, 1.807) is 17.3 Å². The van der Waals surface area contributed by atoms with Crippen LogP contribution in [-0.4, -0.2) is 54.3 Å². The molecule has 0 atom stereocenters. The SMILES string of the molecule is Cc1cc(C(=O)N(CC/C=C/N=CC=N)CCNC=O)ccc1-c1cccc2cccnc12. The van der Waals surface area contributed by atoms with Crippen molar-refractivity contribution in [2.75, 3.05) is 19.6 Å². The summed E-state index contributed by atoms with van der Waals surface area (Å²) in [7, 11) is 0. The molecule has 3 aromatic rings. The third-order valence-corrected chi connectivity index (χ3v) is 5.21. The van der Waals surface area contributed by atoms with Gasteiger partial charge in [0.25, 0.3) is 5.91 Å². The predicted molar refractivity (Wildman–Crippen MR) is 133 cm³/mol. The number of fused-ring (bicyclic) bond motifs is 1. The first kappa shape index (κ1) is 23.5. The number of benzene rings is 2. The number of hydrogen-bond acceptors (Lipinski definition) is 5. The molecule has 1 heterocycles. The molecule has 0 saturated heterocycles. The van der Waals surface area contributed by atoms with E-state index >= 15 is 0 Å². The van der Waals surface area contributed by atoms with Crippen LogP contribution in [0, 0.1) is 12.3 Å². The molecule has 0 radical (unpaired) electrons. The van der Waals surface area contributed by atoms with Crippen LogP contribution in [0.25, 0.3) is 22.0 Å². The Morgan fingerprint density at radius 2 is 2.00 bits per heavy atom. The standard InChI is InChI=1S/C26H27N5O2/c1-20-18-22(9-10-23(20)24-8-4-6-21-7-5-13-30-25(21)24)26(33)31(17-15-29-19-32)16-3-2-12-28-14-11-27/h2,4-14,18-19,27H,3,15-17H2,1H3,(H,29,32)/b12-2+,27-11?,28-14?. The zero-order valence-corrected chi connectivity index (χ0v) is 18.6. The molecule has 0 saturated carbocycles. The Kier molecular flexibility index (Phi) is 8.59. The molecule has 2 N–H and O–H groups in total. The van der Waals surface area contributed by atoms with Gasteiger partial charge in [0.1, 0.15) is 0 Å². The van der Waals surface area contributed by atoms with Gasteiger partial charge in [-0.25, -0.2) is 0 Å². The molecule has 0 aliphatic heterocycles. The Bertz CT molecular complexity index is 1180. The van der Waals surface area contributed by atoms with Gasteiger partial charge in [-0.15, -0.1) is 0 Å². The lowest BCUT2D eigenvalue weighted by Gasteiger charge is -2.22. The Labute approximate surface area is 193 Å². The smallest absolute Gasteiger partial charge is 0.253 e. The van der Waals surface area contributed by atoms with E-state index in [9.17, 15) is 9.59 Å². The second kappa shape index (κ2) is 12.0. The van der Waals surface area contributed by atoms with Crippen LogP contribution in [0.4, 0.5) is 0 Å². The molecule has 0 unspecified atom stereocenters. The summed E-state index contributed by atoms with van der Waals surface area (Å²) in [5.41, 5.74) is 4.60. The fourth-order valence-corrected chi connectivity index (χ4v) is 3.63. The summed E-state index contributed by atoms with van der Waals surface area (Å²) < 4.78 is 0. The van der Waals surface area contributed by atoms with Gasteiger partial charge in [-0.05, 0) is 42.7 Å². The second-order valence-corrected chi connectivity index (χ2v) is 7.41. The van der Waals surface area contributed by atoms with Crippen molar-refractivity contribution in [3.05, 3.63) is 78.1 Å². The monoisotopic (exact) mass is 441 g/mol. The topological polar surface area (TPSA) is 98.5 Å². The van der Waals surface area contributed by atoms with Gasteiger partial charge in [-0.1, -0.05) is 36.4 Å². The number of rotatable bonds is 11. The molecule has 2 aromatic carbocycles. The highest BCUT2D eigenvalue weighted by molar-refractivity contribution is 6.14. The highest BCUT2D eigenvalue weighted by Crippen LogP contribution is 2.30. The largest absolute Gasteiger partial charge is 0.357 e. The lowest BCUT2D eigenvalue weighted by molar-refractivity contribution is -0.109. The van der Waals surface area contributed by atoms with Crippen LogP contribution in [-0.2, 0) is 4.79 Å². The number of carbonyl (C=O) groups is 2. The van der Waals surface area contributed by atoms with E-state index < -0.39 is 0 Å². The van der Waals surface area contributed by atoms with Gasteiger partial charge in [0.05, 0.1) is 5.52 Å². The molecular formula is C26H27N5O2. The number of nitrogens with one attached hydrogen (secondary N) is 2. The maximum atomic E-state index is 13.2. The summed E-state index contributed by atoms with van der Waals surface area (Å²) in [6.45, 7) is 3.27. The van der Waals surface area contributed by atoms with E-state index in [0.29, 0.717) is 38.0 Å². The van der Waals surface area contributed by atoms with Crippen molar-refractivity contribution in [3.8, 4) is 11.1 Å². The Morgan fingerprint density at radius 3 is 2.79 bits per heavy atom. The van der Waals surface area contributed by atoms with Crippen molar-refractivity contribution < 1.29 is 9.59 Å². The summed E-state index contributed by atoms with van der Waals surface area (Å²) in [5.74, 6) is -0.0928. The van der Waals surface area contributed by atoms with Crippen molar-refractivity contribution in [1.82, 2.24) is 15.2 Å². The van der Waals surface area contributed by atoms with E-state index in [0.717, 1.165) is 33.8 Å². The molecule has 0 fully saturated rings. The number of para-hydroxylation sites is 1. The summed E-state index contributed by atoms with van der Waals surface area (Å²) in [6, 6.07) is 15.8. The number of amides is 2. The van der Waals surface area contributed by atoms with E-state index in [2.05, 4.69) is 15.3 Å². The molecule has 3 rings (SSSR count). The number of nitrogens with zero attached hydrogens (tertiary/aromatic N) is 3. The fraction of sp³-hybridized carbons (Fsp3) is 0.192. The van der Waals surface area contributed by atoms with Crippen LogP contribution in [0.2, 0.25) is 0 Å². The maximum absolute atomic E-state index is 13.2. The van der Waals surface area contributed by atoms with Gasteiger partial charge in [-0.2, -0.15) is 0 Å². The van der Waals surface area contributed by atoms with Crippen LogP contribution in [0.5, 0.6) is 0 Å². The third kappa shape index (κ3) is 6.20. The van der Waals surface area contributed by atoms with Crippen LogP contribution in [0.3, 0.4) is 0 Å². The molecule has 2 amide bonds. The molecule has 33 heavy (non-hydrogen) atoms. The lowest BCUT2D eigenvalue weighted by atomic mass is 9.96. The summed E-state index contributed by atoms with van der Waals surface area (Å²) >= 11 is 0. The lowest BCUT2D eigenvalue weighted by Crippen LogP contribution is -2.37. The second-order valence-electron chi connectivity index (χ2n) is 7.41. The Hall–Kier alpha value is -4.13. The molecule has 7 nitrogen and oxygen atoms in total. The van der Waals surface area contributed by atoms with E-state index in [4.69, 9.17) is 5.41 Å². The van der Waals surface area contributed by atoms with E-state index in [1.165, 1.54) is 6.21 Å². The molecule has 0 aliphatic carbocycles. The maximum Gasteiger partial charge on any atom is 0.253 e. The summed E-state index contributed by atoms with van der Waals surface area (Å²) in [5, 5.41) is 10.6. The highest BCUT2D eigenvalue weighted by Gasteiger charge is 2.17. The van der Waals surface area contributed by atoms with Gasteiger partial charge in [0.15, 0.2) is 0 Å². The number of aliphatic imine (C=N–C) groups is 1. The summed E-state index contributed by atoms with van der Waals surface area (Å²) in [4.78, 5) is 34.0. The molecule has 7 heteroatoms. The molecule has 0 bridgehead atoms. The van der Waals surface area contributed by atoms with Crippen molar-refractivity contribution in [3.63, 3.8) is 0 Å². The number of aromatic nitrogens is 1. The number of carbonyl (C=O) groups excluding carboxylic acids is 2. The molecule has 168 valence electrons. The first-order chi connectivity index (χ1) is 16.2. The van der Waals surface area contributed by atoms with Crippen LogP contribution in [0.15, 0.2) is 72.0 Å². The zero-order valence-electron chi connectivity index (χ0n) is 18.6. The average molecular weight is 442 g/mol. The minimum absolute atomic E-state index is 0.0928. The van der Waals surface area contributed by atoms with Crippen LogP contribution < -0.4 is 5.32 Å². The first-order valence-electron chi connectivity index (χ1n) is 10.7. The number of aryl methyl sites for hydroxylation is 1. The molecule has 0 spiro atoms. The van der Waals surface area contributed by atoms with Gasteiger partial charge in [0.2, 0.25) is 6.41 Å². The minimum Gasteiger partial charge on any atom is -0.357 e. The minimum atomic E-state index is -0.0928. The third-order valence-electron chi connectivity index (χ3n) is 5.21. The van der Waals surface area contributed by atoms with Crippen LogP contribution in [0.1, 0.15) is 22.3 Å². The van der Waals surface area contributed by atoms with Crippen LogP contribution >= 0.6 is 0 Å². The van der Waals surface area contributed by atoms with Crippen molar-refractivity contribution >= 4 is 35.6 Å². The van der Waals surface area contributed by atoms with E-state index in [-0.39, 0.29) is 5.91 Å². The quantitative estimate of drug-likeness (QED) is 0.267. The molecule has 1 aromatic heterocycles. The summed E-state index contributed by atoms with van der Waals surface area (Å²) in [6.07, 6.45) is 8.96. The van der Waals surface area contributed by atoms with Crippen molar-refractivity contribution in [2.24, 2.45) is 4.99 Å². The number of hydrogen-bond donors (Lipinski definition) is 2. The zero-order chi connectivity index (χ0) is 23.5. The fourth-order valence-electron chi connectivity index (χ4n) is 3.63. The average Bonchev–Trinajstić information content (AvgIpc) is 2.84. The highest BCUT2D eigenvalue weighted by atomic mass is 16.2. The molecule has 0 aliphatic rings. The van der Waals surface area contributed by atoms with Crippen molar-refractivity contribution in [1.29, 1.82) is 5.41 Å².